The molecule has 0 aromatic carbocycles. The zero-order chi connectivity index (χ0) is 10.4. The smallest absolute Gasteiger partial charge is 0.267 e. The number of nitrogens with one attached hydrogen (secondary N) is 1. The molecule has 0 amide bonds. The Balaban J connectivity index is 2.56. The number of aromatic nitrogens is 3. The molecule has 0 saturated heterocycles. The highest BCUT2D eigenvalue weighted by Gasteiger charge is 2.16. The zero-order valence-electron chi connectivity index (χ0n) is 8.50. The molecule has 2 aromatic heterocycles. The van der Waals surface area contributed by atoms with Crippen molar-refractivity contribution in [2.24, 2.45) is 0 Å². The zero-order valence-corrected chi connectivity index (χ0v) is 8.50. The second-order valence-corrected chi connectivity index (χ2v) is 3.99. The summed E-state index contributed by atoms with van der Waals surface area (Å²) in [5.41, 5.74) is 2.81. The van der Waals surface area contributed by atoms with Crippen molar-refractivity contribution < 1.29 is 0 Å². The van der Waals surface area contributed by atoms with Crippen LogP contribution >= 0.6 is 0 Å². The summed E-state index contributed by atoms with van der Waals surface area (Å²) in [5.74, 6) is 0. The Morgan fingerprint density at radius 2 is 2.13 bits per heavy atom. The van der Waals surface area contributed by atoms with Gasteiger partial charge in [0, 0.05) is 11.1 Å². The summed E-state index contributed by atoms with van der Waals surface area (Å²) in [7, 11) is 0. The lowest BCUT2D eigenvalue weighted by Crippen LogP contribution is -2.16. The molecule has 76 valence electrons. The molecule has 1 N–H and O–H groups in total. The molecular weight excluding hydrogens is 190 g/mol. The third-order valence-electron chi connectivity index (χ3n) is 2.88. The first kappa shape index (κ1) is 8.59. The van der Waals surface area contributed by atoms with Crippen molar-refractivity contribution in [2.45, 2.75) is 26.2 Å². The first-order valence-electron chi connectivity index (χ1n) is 5.13. The third kappa shape index (κ3) is 1.17. The maximum absolute atomic E-state index is 11.6. The molecule has 0 radical (unpaired) electrons. The van der Waals surface area contributed by atoms with Crippen LogP contribution in [0.25, 0.3) is 10.8 Å². The van der Waals surface area contributed by atoms with E-state index in [0.29, 0.717) is 0 Å². The number of pyridine rings is 1. The van der Waals surface area contributed by atoms with E-state index in [-0.39, 0.29) is 5.56 Å². The van der Waals surface area contributed by atoms with E-state index in [1.54, 1.807) is 0 Å². The lowest BCUT2D eigenvalue weighted by atomic mass is 9.97. The summed E-state index contributed by atoms with van der Waals surface area (Å²) in [5, 5.41) is 8.36. The van der Waals surface area contributed by atoms with Crippen LogP contribution in [-0.2, 0) is 12.8 Å². The second kappa shape index (κ2) is 2.89. The maximum atomic E-state index is 11.6. The summed E-state index contributed by atoms with van der Waals surface area (Å²) in [6.45, 7) is 1.92. The van der Waals surface area contributed by atoms with Crippen molar-refractivity contribution in [3.05, 3.63) is 33.5 Å². The first-order valence-corrected chi connectivity index (χ1v) is 5.13. The van der Waals surface area contributed by atoms with Crippen molar-refractivity contribution in [3.8, 4) is 0 Å². The number of aryl methyl sites for hydroxylation is 3. The Morgan fingerprint density at radius 3 is 3.00 bits per heavy atom. The van der Waals surface area contributed by atoms with Crippen LogP contribution in [0.1, 0.15) is 23.5 Å². The molecule has 0 atom stereocenters. The molecule has 0 aliphatic heterocycles. The summed E-state index contributed by atoms with van der Waals surface area (Å²) in [6.07, 6.45) is 2.96. The Kier molecular flexibility index (Phi) is 1.65. The molecular formula is C11H11N3O. The van der Waals surface area contributed by atoms with Crippen molar-refractivity contribution in [3.63, 3.8) is 0 Å². The SMILES string of the molecule is Cc1cc2c(=O)[nH]nc3c2c(n1)CCC3. The number of nitrogens with zero attached hydrogens (tertiary/aromatic N) is 2. The Bertz CT molecular complexity index is 601. The van der Waals surface area contributed by atoms with Gasteiger partial charge in [0.15, 0.2) is 0 Å². The van der Waals surface area contributed by atoms with E-state index < -0.39 is 0 Å². The van der Waals surface area contributed by atoms with Gasteiger partial charge in [0.25, 0.3) is 5.56 Å². The highest BCUT2D eigenvalue weighted by atomic mass is 16.1. The Hall–Kier alpha value is -1.71. The fourth-order valence-corrected chi connectivity index (χ4v) is 2.26. The van der Waals surface area contributed by atoms with Crippen LogP contribution in [0.4, 0.5) is 0 Å². The van der Waals surface area contributed by atoms with Crippen LogP contribution in [-0.4, -0.2) is 15.2 Å². The summed E-state index contributed by atoms with van der Waals surface area (Å²) < 4.78 is 0. The van der Waals surface area contributed by atoms with Crippen LogP contribution in [0.3, 0.4) is 0 Å². The molecule has 0 unspecified atom stereocenters. The second-order valence-electron chi connectivity index (χ2n) is 3.99. The Morgan fingerprint density at radius 1 is 1.33 bits per heavy atom. The van der Waals surface area contributed by atoms with Crippen LogP contribution in [0.5, 0.6) is 0 Å². The van der Waals surface area contributed by atoms with Gasteiger partial charge in [-0.15, -0.1) is 0 Å². The topological polar surface area (TPSA) is 58.6 Å². The number of hydrogen-bond donors (Lipinski definition) is 1. The van der Waals surface area contributed by atoms with E-state index in [1.165, 1.54) is 0 Å². The quantitative estimate of drug-likeness (QED) is 0.694. The lowest BCUT2D eigenvalue weighted by Gasteiger charge is -2.14. The molecule has 4 nitrogen and oxygen atoms in total. The number of rotatable bonds is 0. The van der Waals surface area contributed by atoms with Crippen molar-refractivity contribution in [1.29, 1.82) is 0 Å². The first-order chi connectivity index (χ1) is 7.25. The molecule has 0 saturated carbocycles. The van der Waals surface area contributed by atoms with Crippen LogP contribution in [0, 0.1) is 6.92 Å². The fourth-order valence-electron chi connectivity index (χ4n) is 2.26. The maximum Gasteiger partial charge on any atom is 0.272 e. The van der Waals surface area contributed by atoms with Gasteiger partial charge in [0.2, 0.25) is 0 Å². The van der Waals surface area contributed by atoms with Gasteiger partial charge in [-0.2, -0.15) is 5.10 Å². The molecule has 15 heavy (non-hydrogen) atoms. The van der Waals surface area contributed by atoms with E-state index in [1.807, 2.05) is 13.0 Å². The van der Waals surface area contributed by atoms with Gasteiger partial charge in [-0.25, -0.2) is 5.10 Å². The third-order valence-corrected chi connectivity index (χ3v) is 2.88. The van der Waals surface area contributed by atoms with Crippen molar-refractivity contribution in [2.75, 3.05) is 0 Å². The van der Waals surface area contributed by atoms with Crippen LogP contribution < -0.4 is 5.56 Å². The summed E-state index contributed by atoms with van der Waals surface area (Å²) in [4.78, 5) is 16.1. The molecule has 0 fully saturated rings. The average molecular weight is 201 g/mol. The standard InChI is InChI=1S/C11H11N3O/c1-6-5-7-10-8(12-6)3-2-4-9(10)13-14-11(7)15/h5H,2-4H2,1H3,(H,14,15). The van der Waals surface area contributed by atoms with Gasteiger partial charge >= 0.3 is 0 Å². The van der Waals surface area contributed by atoms with Gasteiger partial charge in [0.1, 0.15) is 0 Å². The highest BCUT2D eigenvalue weighted by Crippen LogP contribution is 2.24. The minimum Gasteiger partial charge on any atom is -0.267 e. The molecule has 1 aliphatic carbocycles. The largest absolute Gasteiger partial charge is 0.272 e. The van der Waals surface area contributed by atoms with Crippen molar-refractivity contribution >= 4 is 10.8 Å². The molecule has 0 bridgehead atoms. The van der Waals surface area contributed by atoms with Crippen LogP contribution in [0.15, 0.2) is 10.9 Å². The summed E-state index contributed by atoms with van der Waals surface area (Å²) >= 11 is 0. The van der Waals surface area contributed by atoms with E-state index in [9.17, 15) is 4.79 Å². The van der Waals surface area contributed by atoms with E-state index in [0.717, 1.165) is 47.1 Å². The lowest BCUT2D eigenvalue weighted by molar-refractivity contribution is 0.743. The number of aromatic amines is 1. The highest BCUT2D eigenvalue weighted by molar-refractivity contribution is 5.86. The van der Waals surface area contributed by atoms with E-state index in [4.69, 9.17) is 0 Å². The molecule has 2 aromatic rings. The molecule has 4 heteroatoms. The van der Waals surface area contributed by atoms with Gasteiger partial charge in [-0.3, -0.25) is 9.78 Å². The molecule has 1 aliphatic rings. The number of H-pyrrole nitrogens is 1. The van der Waals surface area contributed by atoms with E-state index in [2.05, 4.69) is 15.2 Å². The molecule has 2 heterocycles. The average Bonchev–Trinajstić information content (AvgIpc) is 2.23. The predicted octanol–water partition coefficient (Wildman–Crippen LogP) is 1.12. The molecule has 0 spiro atoms. The molecule has 3 rings (SSSR count). The van der Waals surface area contributed by atoms with Gasteiger partial charge in [0.05, 0.1) is 16.8 Å². The van der Waals surface area contributed by atoms with Gasteiger partial charge < -0.3 is 0 Å². The Labute approximate surface area is 86.4 Å². The monoisotopic (exact) mass is 201 g/mol. The van der Waals surface area contributed by atoms with E-state index >= 15 is 0 Å². The minimum atomic E-state index is -0.109. The normalized spacial score (nSPS) is 14.5. The van der Waals surface area contributed by atoms with Gasteiger partial charge in [-0.05, 0) is 32.3 Å². The number of hydrogen-bond acceptors (Lipinski definition) is 3. The van der Waals surface area contributed by atoms with Crippen LogP contribution in [0.2, 0.25) is 0 Å². The summed E-state index contributed by atoms with van der Waals surface area (Å²) in [6, 6.07) is 1.84. The fraction of sp³-hybridized carbons (Fsp3) is 0.364. The van der Waals surface area contributed by atoms with Gasteiger partial charge in [-0.1, -0.05) is 0 Å². The van der Waals surface area contributed by atoms with Crippen molar-refractivity contribution in [1.82, 2.24) is 15.2 Å². The minimum absolute atomic E-state index is 0.109. The predicted molar refractivity (Wildman–Crippen MR) is 56.9 cm³/mol.